The van der Waals surface area contributed by atoms with Gasteiger partial charge in [0, 0.05) is 24.1 Å². The van der Waals surface area contributed by atoms with E-state index in [1.54, 1.807) is 30.6 Å². The summed E-state index contributed by atoms with van der Waals surface area (Å²) in [5, 5.41) is 0. The topological polar surface area (TPSA) is 49.9 Å². The molecule has 0 atom stereocenters. The fraction of sp³-hybridized carbons (Fsp3) is 0.579. The zero-order valence-corrected chi connectivity index (χ0v) is 17.5. The summed E-state index contributed by atoms with van der Waals surface area (Å²) in [4.78, 5) is 28.6. The molecule has 0 aromatic heterocycles. The minimum atomic E-state index is -4.55. The summed E-state index contributed by atoms with van der Waals surface area (Å²) in [6, 6.07) is 3.56. The van der Waals surface area contributed by atoms with Crippen molar-refractivity contribution in [2.45, 2.75) is 50.9 Å². The maximum absolute atomic E-state index is 13.2. The number of carbonyl (C=O) groups is 2. The average molecular weight is 463 g/mol. The zero-order chi connectivity index (χ0) is 20.9. The molecule has 1 aliphatic heterocycles. The van der Waals surface area contributed by atoms with Crippen molar-refractivity contribution < 1.29 is 27.5 Å². The molecule has 1 aromatic carbocycles. The molecule has 2 aliphatic rings. The molecule has 9 heteroatoms. The summed E-state index contributed by atoms with van der Waals surface area (Å²) in [5.41, 5.74) is -2.05. The molecule has 3 rings (SSSR count). The number of amides is 2. The molecule has 1 spiro atoms. The highest BCUT2D eigenvalue weighted by Crippen LogP contribution is 2.46. The number of benzene rings is 1. The van der Waals surface area contributed by atoms with E-state index in [0.29, 0.717) is 19.4 Å². The molecule has 0 bridgehead atoms. The van der Waals surface area contributed by atoms with Crippen molar-refractivity contribution in [2.24, 2.45) is 0 Å². The van der Waals surface area contributed by atoms with Crippen LogP contribution in [0.25, 0.3) is 0 Å². The van der Waals surface area contributed by atoms with Crippen LogP contribution in [0.4, 0.5) is 18.0 Å². The molecule has 1 heterocycles. The Morgan fingerprint density at radius 2 is 1.79 bits per heavy atom. The fourth-order valence-corrected chi connectivity index (χ4v) is 4.07. The first-order valence-electron chi connectivity index (χ1n) is 9.00. The molecule has 0 radical (unpaired) electrons. The average Bonchev–Trinajstić information content (AvgIpc) is 3.31. The highest BCUT2D eigenvalue weighted by molar-refractivity contribution is 9.10. The van der Waals surface area contributed by atoms with Gasteiger partial charge in [-0.1, -0.05) is 6.07 Å². The van der Waals surface area contributed by atoms with Gasteiger partial charge in [0.1, 0.15) is 5.60 Å². The number of alkyl halides is 3. The molecular weight excluding hydrogens is 441 g/mol. The zero-order valence-electron chi connectivity index (χ0n) is 15.9. The molecule has 1 saturated carbocycles. The van der Waals surface area contributed by atoms with Crippen LogP contribution in [0.3, 0.4) is 0 Å². The number of rotatable bonds is 1. The van der Waals surface area contributed by atoms with Crippen LogP contribution in [0.2, 0.25) is 0 Å². The molecule has 28 heavy (non-hydrogen) atoms. The second-order valence-corrected chi connectivity index (χ2v) is 9.04. The Morgan fingerprint density at radius 3 is 2.32 bits per heavy atom. The van der Waals surface area contributed by atoms with E-state index in [1.807, 2.05) is 0 Å². The van der Waals surface area contributed by atoms with Crippen LogP contribution in [0, 0.1) is 0 Å². The second kappa shape index (κ2) is 6.93. The maximum atomic E-state index is 13.2. The van der Waals surface area contributed by atoms with E-state index in [0.717, 1.165) is 6.07 Å². The standard InChI is InChI=1S/C19H22BrF3N2O3/c1-17(2,3)28-16(27)24-9-10-25(18(11-24)7-8-18)15(26)12-5-4-6-13(14(12)20)19(21,22)23/h4-6H,7-11H2,1-3H3. The second-order valence-electron chi connectivity index (χ2n) is 8.25. The highest BCUT2D eigenvalue weighted by Gasteiger charge is 2.54. The molecule has 0 unspecified atom stereocenters. The van der Waals surface area contributed by atoms with Gasteiger partial charge in [0.05, 0.1) is 16.7 Å². The third-order valence-corrected chi connectivity index (χ3v) is 5.76. The largest absolute Gasteiger partial charge is 0.444 e. The van der Waals surface area contributed by atoms with E-state index < -0.39 is 34.9 Å². The van der Waals surface area contributed by atoms with Gasteiger partial charge in [0.15, 0.2) is 0 Å². The summed E-state index contributed by atoms with van der Waals surface area (Å²) >= 11 is 2.96. The molecule has 2 amide bonds. The van der Waals surface area contributed by atoms with Crippen LogP contribution >= 0.6 is 15.9 Å². The van der Waals surface area contributed by atoms with Crippen molar-refractivity contribution in [2.75, 3.05) is 19.6 Å². The van der Waals surface area contributed by atoms with Gasteiger partial charge in [-0.15, -0.1) is 0 Å². The third-order valence-electron chi connectivity index (χ3n) is 4.91. The van der Waals surface area contributed by atoms with Gasteiger partial charge in [-0.25, -0.2) is 4.79 Å². The van der Waals surface area contributed by atoms with Crippen molar-refractivity contribution in [3.05, 3.63) is 33.8 Å². The van der Waals surface area contributed by atoms with Gasteiger partial charge >= 0.3 is 12.3 Å². The number of nitrogens with zero attached hydrogens (tertiary/aromatic N) is 2. The first-order valence-corrected chi connectivity index (χ1v) is 9.79. The van der Waals surface area contributed by atoms with E-state index in [2.05, 4.69) is 15.9 Å². The van der Waals surface area contributed by atoms with Crippen LogP contribution < -0.4 is 0 Å². The van der Waals surface area contributed by atoms with Gasteiger partial charge in [0.2, 0.25) is 0 Å². The van der Waals surface area contributed by atoms with Gasteiger partial charge in [-0.3, -0.25) is 4.79 Å². The lowest BCUT2D eigenvalue weighted by molar-refractivity contribution is -0.138. The smallest absolute Gasteiger partial charge is 0.417 e. The summed E-state index contributed by atoms with van der Waals surface area (Å²) in [6.45, 7) is 6.19. The Bertz CT molecular complexity index is 801. The van der Waals surface area contributed by atoms with Gasteiger partial charge < -0.3 is 14.5 Å². The van der Waals surface area contributed by atoms with E-state index in [9.17, 15) is 22.8 Å². The van der Waals surface area contributed by atoms with Crippen molar-refractivity contribution in [3.63, 3.8) is 0 Å². The summed E-state index contributed by atoms with van der Waals surface area (Å²) < 4.78 is 44.6. The minimum absolute atomic E-state index is 0.0215. The molecule has 1 aromatic rings. The number of hydrogen-bond acceptors (Lipinski definition) is 3. The van der Waals surface area contributed by atoms with Crippen LogP contribution in [-0.2, 0) is 10.9 Å². The number of piperazine rings is 1. The lowest BCUT2D eigenvalue weighted by Gasteiger charge is -2.42. The fourth-order valence-electron chi connectivity index (χ4n) is 3.41. The number of hydrogen-bond donors (Lipinski definition) is 0. The number of carbonyl (C=O) groups excluding carboxylic acids is 2. The number of halogens is 4. The van der Waals surface area contributed by atoms with Gasteiger partial charge in [-0.05, 0) is 61.7 Å². The van der Waals surface area contributed by atoms with Crippen molar-refractivity contribution in [1.29, 1.82) is 0 Å². The van der Waals surface area contributed by atoms with E-state index >= 15 is 0 Å². The lowest BCUT2D eigenvalue weighted by Crippen LogP contribution is -2.58. The maximum Gasteiger partial charge on any atom is 0.417 e. The normalized spacial score (nSPS) is 19.0. The Hall–Kier alpha value is -1.77. The summed E-state index contributed by atoms with van der Waals surface area (Å²) in [6.07, 6.45) is -3.59. The monoisotopic (exact) mass is 462 g/mol. The Kier molecular flexibility index (Phi) is 5.19. The quantitative estimate of drug-likeness (QED) is 0.607. The van der Waals surface area contributed by atoms with Crippen LogP contribution in [-0.4, -0.2) is 52.6 Å². The first kappa shape index (κ1) is 21.0. The van der Waals surface area contributed by atoms with Crippen LogP contribution in [0.15, 0.2) is 22.7 Å². The molecule has 5 nitrogen and oxygen atoms in total. The first-order chi connectivity index (χ1) is 12.8. The van der Waals surface area contributed by atoms with Crippen molar-refractivity contribution in [3.8, 4) is 0 Å². The van der Waals surface area contributed by atoms with E-state index in [1.165, 1.54) is 12.1 Å². The summed E-state index contributed by atoms with van der Waals surface area (Å²) in [5.74, 6) is -0.459. The van der Waals surface area contributed by atoms with Gasteiger partial charge in [0.25, 0.3) is 5.91 Å². The number of ether oxygens (including phenoxy) is 1. The summed E-state index contributed by atoms with van der Waals surface area (Å²) in [7, 11) is 0. The molecule has 0 N–H and O–H groups in total. The molecule has 1 aliphatic carbocycles. The SMILES string of the molecule is CC(C)(C)OC(=O)N1CCN(C(=O)c2cccc(C(F)(F)F)c2Br)C2(CC2)C1. The molecule has 154 valence electrons. The van der Waals surface area contributed by atoms with Crippen molar-refractivity contribution in [1.82, 2.24) is 9.80 Å². The predicted molar refractivity (Wildman–Crippen MR) is 100.0 cm³/mol. The van der Waals surface area contributed by atoms with E-state index in [4.69, 9.17) is 4.74 Å². The lowest BCUT2D eigenvalue weighted by atomic mass is 10.1. The van der Waals surface area contributed by atoms with E-state index in [-0.39, 0.29) is 23.1 Å². The molecule has 1 saturated heterocycles. The van der Waals surface area contributed by atoms with Crippen LogP contribution in [0.1, 0.15) is 49.5 Å². The van der Waals surface area contributed by atoms with Gasteiger partial charge in [-0.2, -0.15) is 13.2 Å². The Morgan fingerprint density at radius 1 is 1.14 bits per heavy atom. The Labute approximate surface area is 169 Å². The van der Waals surface area contributed by atoms with Crippen LogP contribution in [0.5, 0.6) is 0 Å². The highest BCUT2D eigenvalue weighted by atomic mass is 79.9. The Balaban J connectivity index is 1.80. The van der Waals surface area contributed by atoms with Crippen molar-refractivity contribution >= 4 is 27.9 Å². The molecule has 2 fully saturated rings. The minimum Gasteiger partial charge on any atom is -0.444 e. The predicted octanol–water partition coefficient (Wildman–Crippen LogP) is 4.69. The molecular formula is C19H22BrF3N2O3. The third kappa shape index (κ3) is 4.14.